The first-order valence-electron chi connectivity index (χ1n) is 7.65. The Bertz CT molecular complexity index is 668. The molecule has 0 aromatic heterocycles. The van der Waals surface area contributed by atoms with Crippen LogP contribution in [0.4, 0.5) is 0 Å². The molecule has 3 heteroatoms. The van der Waals surface area contributed by atoms with Crippen LogP contribution < -0.4 is 5.73 Å². The molecule has 1 atom stereocenters. The van der Waals surface area contributed by atoms with Crippen molar-refractivity contribution < 1.29 is 9.53 Å². The number of esters is 1. The molecule has 110 valence electrons. The van der Waals surface area contributed by atoms with E-state index in [1.54, 1.807) is 0 Å². The first-order chi connectivity index (χ1) is 10.2. The second-order valence-electron chi connectivity index (χ2n) is 5.60. The third-order valence-corrected chi connectivity index (χ3v) is 4.27. The summed E-state index contributed by atoms with van der Waals surface area (Å²) in [5.41, 5.74) is 10.3. The third-order valence-electron chi connectivity index (χ3n) is 4.27. The Kier molecular flexibility index (Phi) is 3.93. The van der Waals surface area contributed by atoms with E-state index in [0.29, 0.717) is 19.4 Å². The Labute approximate surface area is 125 Å². The highest BCUT2D eigenvalue weighted by Gasteiger charge is 2.18. The lowest BCUT2D eigenvalue weighted by molar-refractivity contribution is -0.143. The fourth-order valence-corrected chi connectivity index (χ4v) is 3.25. The summed E-state index contributed by atoms with van der Waals surface area (Å²) in [4.78, 5) is 11.5. The van der Waals surface area contributed by atoms with Gasteiger partial charge in [-0.05, 0) is 53.6 Å². The summed E-state index contributed by atoms with van der Waals surface area (Å²) >= 11 is 0. The predicted molar refractivity (Wildman–Crippen MR) is 84.2 cm³/mol. The summed E-state index contributed by atoms with van der Waals surface area (Å²) in [7, 11) is 0. The number of rotatable bonds is 5. The van der Waals surface area contributed by atoms with Gasteiger partial charge in [-0.25, -0.2) is 0 Å². The molecule has 0 aliphatic heterocycles. The van der Waals surface area contributed by atoms with E-state index in [-0.39, 0.29) is 12.0 Å². The second kappa shape index (κ2) is 5.86. The van der Waals surface area contributed by atoms with Gasteiger partial charge >= 0.3 is 5.97 Å². The van der Waals surface area contributed by atoms with Gasteiger partial charge in [0.15, 0.2) is 0 Å². The number of carbonyl (C=O) groups excluding carboxylic acids is 1. The fourth-order valence-electron chi connectivity index (χ4n) is 3.25. The SMILES string of the molecule is CCOC(=O)CCC(N)c1ccc2c3c(cccc13)CC2. The van der Waals surface area contributed by atoms with E-state index in [9.17, 15) is 4.79 Å². The summed E-state index contributed by atoms with van der Waals surface area (Å²) in [6, 6.07) is 10.6. The molecule has 1 aliphatic carbocycles. The molecule has 0 spiro atoms. The highest BCUT2D eigenvalue weighted by Crippen LogP contribution is 2.35. The monoisotopic (exact) mass is 283 g/mol. The van der Waals surface area contributed by atoms with Crippen molar-refractivity contribution in [2.45, 2.75) is 38.6 Å². The highest BCUT2D eigenvalue weighted by atomic mass is 16.5. The van der Waals surface area contributed by atoms with Gasteiger partial charge in [0.2, 0.25) is 0 Å². The first kappa shape index (κ1) is 14.1. The number of aryl methyl sites for hydroxylation is 2. The minimum Gasteiger partial charge on any atom is -0.466 e. The molecule has 0 saturated heterocycles. The smallest absolute Gasteiger partial charge is 0.305 e. The summed E-state index contributed by atoms with van der Waals surface area (Å²) < 4.78 is 4.97. The molecule has 3 rings (SSSR count). The molecule has 3 nitrogen and oxygen atoms in total. The van der Waals surface area contributed by atoms with Crippen LogP contribution in [0.2, 0.25) is 0 Å². The van der Waals surface area contributed by atoms with Gasteiger partial charge in [-0.15, -0.1) is 0 Å². The van der Waals surface area contributed by atoms with Crippen molar-refractivity contribution in [2.24, 2.45) is 5.73 Å². The van der Waals surface area contributed by atoms with Crippen LogP contribution in [0.5, 0.6) is 0 Å². The van der Waals surface area contributed by atoms with Crippen molar-refractivity contribution in [3.8, 4) is 0 Å². The first-order valence-corrected chi connectivity index (χ1v) is 7.65. The Hall–Kier alpha value is -1.87. The van der Waals surface area contributed by atoms with Gasteiger partial charge < -0.3 is 10.5 Å². The predicted octanol–water partition coefficient (Wildman–Crippen LogP) is 3.28. The fraction of sp³-hybridized carbons (Fsp3) is 0.389. The Morgan fingerprint density at radius 3 is 2.76 bits per heavy atom. The lowest BCUT2D eigenvalue weighted by Crippen LogP contribution is -2.14. The van der Waals surface area contributed by atoms with Crippen LogP contribution in [0.25, 0.3) is 10.8 Å². The largest absolute Gasteiger partial charge is 0.466 e. The second-order valence-corrected chi connectivity index (χ2v) is 5.60. The quantitative estimate of drug-likeness (QED) is 0.857. The molecule has 0 saturated carbocycles. The number of benzene rings is 2. The Balaban J connectivity index is 1.86. The van der Waals surface area contributed by atoms with Crippen LogP contribution in [0.1, 0.15) is 42.5 Å². The zero-order chi connectivity index (χ0) is 14.8. The molecule has 2 aromatic carbocycles. The summed E-state index contributed by atoms with van der Waals surface area (Å²) in [5, 5.41) is 2.63. The van der Waals surface area contributed by atoms with E-state index in [4.69, 9.17) is 10.5 Å². The number of carbonyl (C=O) groups is 1. The van der Waals surface area contributed by atoms with Gasteiger partial charge in [-0.3, -0.25) is 4.79 Å². The van der Waals surface area contributed by atoms with Gasteiger partial charge in [0.1, 0.15) is 0 Å². The van der Waals surface area contributed by atoms with E-state index in [1.165, 1.54) is 21.9 Å². The van der Waals surface area contributed by atoms with Crippen molar-refractivity contribution in [3.63, 3.8) is 0 Å². The summed E-state index contributed by atoms with van der Waals surface area (Å²) in [5.74, 6) is -0.168. The average molecular weight is 283 g/mol. The van der Waals surface area contributed by atoms with Gasteiger partial charge in [0, 0.05) is 12.5 Å². The molecule has 0 radical (unpaired) electrons. The molecule has 0 fully saturated rings. The maximum absolute atomic E-state index is 11.5. The molecule has 2 aromatic rings. The third kappa shape index (κ3) is 2.66. The standard InChI is InChI=1S/C18H21NO2/c1-2-21-17(20)11-10-16(19)14-9-8-13-7-6-12-4-3-5-15(14)18(12)13/h3-5,8-9,16H,2,6-7,10-11,19H2,1H3. The normalized spacial score (nSPS) is 14.4. The molecule has 21 heavy (non-hydrogen) atoms. The zero-order valence-electron chi connectivity index (χ0n) is 12.4. The Morgan fingerprint density at radius 1 is 1.24 bits per heavy atom. The van der Waals surface area contributed by atoms with Crippen molar-refractivity contribution in [2.75, 3.05) is 6.61 Å². The van der Waals surface area contributed by atoms with Crippen LogP contribution in [0, 0.1) is 0 Å². The lowest BCUT2D eigenvalue weighted by Gasteiger charge is -2.15. The van der Waals surface area contributed by atoms with Gasteiger partial charge in [-0.1, -0.05) is 30.3 Å². The zero-order valence-corrected chi connectivity index (χ0v) is 12.4. The number of nitrogens with two attached hydrogens (primary N) is 1. The number of ether oxygens (including phenoxy) is 1. The van der Waals surface area contributed by atoms with E-state index < -0.39 is 0 Å². The minimum absolute atomic E-state index is 0.126. The molecular weight excluding hydrogens is 262 g/mol. The van der Waals surface area contributed by atoms with Gasteiger partial charge in [0.05, 0.1) is 6.61 Å². The van der Waals surface area contributed by atoms with Crippen molar-refractivity contribution in [1.29, 1.82) is 0 Å². The summed E-state index contributed by atoms with van der Waals surface area (Å²) in [6.45, 7) is 2.25. The number of hydrogen-bond acceptors (Lipinski definition) is 3. The molecular formula is C18H21NO2. The van der Waals surface area contributed by atoms with Gasteiger partial charge in [-0.2, -0.15) is 0 Å². The van der Waals surface area contributed by atoms with Crippen LogP contribution in [-0.4, -0.2) is 12.6 Å². The van der Waals surface area contributed by atoms with E-state index in [2.05, 4.69) is 30.3 Å². The van der Waals surface area contributed by atoms with Crippen molar-refractivity contribution in [1.82, 2.24) is 0 Å². The maximum Gasteiger partial charge on any atom is 0.305 e. The van der Waals surface area contributed by atoms with Crippen molar-refractivity contribution >= 4 is 16.7 Å². The molecule has 0 amide bonds. The molecule has 1 unspecified atom stereocenters. The van der Waals surface area contributed by atoms with Crippen LogP contribution in [0.15, 0.2) is 30.3 Å². The molecule has 0 bridgehead atoms. The topological polar surface area (TPSA) is 52.3 Å². The number of hydrogen-bond donors (Lipinski definition) is 1. The summed E-state index contributed by atoms with van der Waals surface area (Å²) in [6.07, 6.45) is 3.23. The molecule has 2 N–H and O–H groups in total. The maximum atomic E-state index is 11.5. The van der Waals surface area contributed by atoms with Crippen LogP contribution in [0.3, 0.4) is 0 Å². The average Bonchev–Trinajstić information content (AvgIpc) is 2.91. The molecule has 0 heterocycles. The van der Waals surface area contributed by atoms with Gasteiger partial charge in [0.25, 0.3) is 0 Å². The van der Waals surface area contributed by atoms with E-state index >= 15 is 0 Å². The molecule has 1 aliphatic rings. The minimum atomic E-state index is -0.168. The Morgan fingerprint density at radius 2 is 2.00 bits per heavy atom. The van der Waals surface area contributed by atoms with Crippen LogP contribution in [-0.2, 0) is 22.4 Å². The van der Waals surface area contributed by atoms with E-state index in [1.807, 2.05) is 6.92 Å². The highest BCUT2D eigenvalue weighted by molar-refractivity contribution is 5.93. The lowest BCUT2D eigenvalue weighted by atomic mass is 9.94. The van der Waals surface area contributed by atoms with Crippen molar-refractivity contribution in [3.05, 3.63) is 47.0 Å². The van der Waals surface area contributed by atoms with E-state index in [0.717, 1.165) is 18.4 Å². The van der Waals surface area contributed by atoms with Crippen LogP contribution >= 0.6 is 0 Å².